The van der Waals surface area contributed by atoms with Crippen LogP contribution in [-0.2, 0) is 65.4 Å². The molecule has 0 spiro atoms. The second-order valence-electron chi connectivity index (χ2n) is 26.4. The number of ether oxygens (including phenoxy) is 4. The lowest BCUT2D eigenvalue weighted by molar-refractivity contribution is -0.161. The average Bonchev–Trinajstić information content (AvgIpc) is 2.91. The molecule has 0 aromatic heterocycles. The van der Waals surface area contributed by atoms with E-state index in [9.17, 15) is 43.2 Å². The average molecular weight is 1320 g/mol. The lowest BCUT2D eigenvalue weighted by Crippen LogP contribution is -2.30. The molecule has 0 aliphatic heterocycles. The third kappa shape index (κ3) is 64.3. The second-order valence-corrected chi connectivity index (χ2v) is 29.3. The summed E-state index contributed by atoms with van der Waals surface area (Å²) in [6.45, 7) is 11.7. The Bertz CT molecular complexity index is 1860. The predicted octanol–water partition coefficient (Wildman–Crippen LogP) is 19.8. The van der Waals surface area contributed by atoms with E-state index in [4.69, 9.17) is 37.0 Å². The highest BCUT2D eigenvalue weighted by molar-refractivity contribution is 7.47. The van der Waals surface area contributed by atoms with Crippen LogP contribution in [-0.4, -0.2) is 96.7 Å². The van der Waals surface area contributed by atoms with Crippen LogP contribution in [0.3, 0.4) is 0 Å². The normalized spacial score (nSPS) is 14.4. The highest BCUT2D eigenvalue weighted by atomic mass is 31.2. The largest absolute Gasteiger partial charge is 0.472 e. The van der Waals surface area contributed by atoms with Crippen molar-refractivity contribution in [2.75, 3.05) is 39.6 Å². The lowest BCUT2D eigenvalue weighted by atomic mass is 10.0. The molecule has 0 aliphatic rings. The van der Waals surface area contributed by atoms with Crippen LogP contribution in [0.5, 0.6) is 0 Å². The van der Waals surface area contributed by atoms with E-state index in [1.807, 2.05) is 0 Å². The molecule has 0 amide bonds. The van der Waals surface area contributed by atoms with Crippen molar-refractivity contribution in [2.45, 2.75) is 349 Å². The number of hydrogen-bond donors (Lipinski definition) is 3. The SMILES string of the molecule is CCCCCC/C=C\C=C/CCCCCCCC(=O)OC[C@H](COP(=O)(O)OCC(O)COP(=O)(O)OC[C@@H](COC(=O)CCCCCCCCCC(C)C)OC(=O)CCCCCCCCCCCCCCCC(C)C)OC(=O)CCCCCCCCC(C)C. The van der Waals surface area contributed by atoms with Crippen molar-refractivity contribution in [2.24, 2.45) is 17.8 Å². The molecule has 0 saturated carbocycles. The summed E-state index contributed by atoms with van der Waals surface area (Å²) >= 11 is 0. The van der Waals surface area contributed by atoms with E-state index in [1.165, 1.54) is 116 Å². The summed E-state index contributed by atoms with van der Waals surface area (Å²) in [4.78, 5) is 72.5. The number of phosphoric ester groups is 2. The zero-order valence-electron chi connectivity index (χ0n) is 58.1. The van der Waals surface area contributed by atoms with Crippen molar-refractivity contribution < 1.29 is 80.2 Å². The Labute approximate surface area is 548 Å². The highest BCUT2D eigenvalue weighted by Gasteiger charge is 2.30. The molecule has 0 aromatic rings. The maximum atomic E-state index is 13.0. The molecule has 0 saturated heterocycles. The van der Waals surface area contributed by atoms with Crippen molar-refractivity contribution >= 4 is 39.5 Å². The van der Waals surface area contributed by atoms with Crippen molar-refractivity contribution in [3.63, 3.8) is 0 Å². The third-order valence-electron chi connectivity index (χ3n) is 15.8. The van der Waals surface area contributed by atoms with Gasteiger partial charge in [-0.25, -0.2) is 9.13 Å². The third-order valence-corrected chi connectivity index (χ3v) is 17.7. The summed E-state index contributed by atoms with van der Waals surface area (Å²) < 4.78 is 68.2. The number of allylic oxidation sites excluding steroid dienone is 4. The first kappa shape index (κ1) is 87.5. The van der Waals surface area contributed by atoms with Gasteiger partial charge in [0.05, 0.1) is 26.4 Å². The van der Waals surface area contributed by atoms with Gasteiger partial charge in [0.1, 0.15) is 19.3 Å². The van der Waals surface area contributed by atoms with Gasteiger partial charge in [0.25, 0.3) is 0 Å². The lowest BCUT2D eigenvalue weighted by Gasteiger charge is -2.21. The van der Waals surface area contributed by atoms with Gasteiger partial charge in [-0.15, -0.1) is 0 Å². The molecule has 0 rings (SSSR count). The van der Waals surface area contributed by atoms with Gasteiger partial charge in [0.2, 0.25) is 0 Å². The predicted molar refractivity (Wildman–Crippen MR) is 363 cm³/mol. The first-order chi connectivity index (χ1) is 43.2. The van der Waals surface area contributed by atoms with Gasteiger partial charge in [0, 0.05) is 25.7 Å². The molecule has 0 fully saturated rings. The molecule has 530 valence electrons. The fourth-order valence-electron chi connectivity index (χ4n) is 10.2. The van der Waals surface area contributed by atoms with E-state index in [2.05, 4.69) is 72.8 Å². The molecule has 0 radical (unpaired) electrons. The monoisotopic (exact) mass is 1320 g/mol. The highest BCUT2D eigenvalue weighted by Crippen LogP contribution is 2.45. The summed E-state index contributed by atoms with van der Waals surface area (Å²) in [7, 11) is -9.91. The van der Waals surface area contributed by atoms with Crippen molar-refractivity contribution in [3.8, 4) is 0 Å². The topological polar surface area (TPSA) is 237 Å². The van der Waals surface area contributed by atoms with Crippen molar-refractivity contribution in [1.29, 1.82) is 0 Å². The van der Waals surface area contributed by atoms with E-state index >= 15 is 0 Å². The summed E-state index contributed by atoms with van der Waals surface area (Å²) in [6.07, 6.45) is 48.3. The van der Waals surface area contributed by atoms with E-state index in [1.54, 1.807) is 0 Å². The van der Waals surface area contributed by atoms with Crippen molar-refractivity contribution in [1.82, 2.24) is 0 Å². The van der Waals surface area contributed by atoms with Crippen LogP contribution in [0.2, 0.25) is 0 Å². The van der Waals surface area contributed by atoms with Gasteiger partial charge in [-0.05, 0) is 69.1 Å². The molecule has 5 atom stereocenters. The molecule has 0 aliphatic carbocycles. The minimum atomic E-state index is -4.96. The Balaban J connectivity index is 5.24. The van der Waals surface area contributed by atoms with Crippen LogP contribution < -0.4 is 0 Å². The molecular formula is C71H134O17P2. The molecule has 3 unspecified atom stereocenters. The van der Waals surface area contributed by atoms with Gasteiger partial charge in [-0.3, -0.25) is 37.3 Å². The van der Waals surface area contributed by atoms with Crippen LogP contribution in [0.1, 0.15) is 331 Å². The summed E-state index contributed by atoms with van der Waals surface area (Å²) in [5.41, 5.74) is 0. The number of esters is 4. The zero-order chi connectivity index (χ0) is 66.6. The van der Waals surface area contributed by atoms with E-state index in [0.717, 1.165) is 121 Å². The number of hydrogen-bond acceptors (Lipinski definition) is 15. The molecule has 19 heteroatoms. The smallest absolute Gasteiger partial charge is 0.462 e. The Morgan fingerprint density at radius 1 is 0.344 bits per heavy atom. The van der Waals surface area contributed by atoms with E-state index in [0.29, 0.717) is 37.5 Å². The standard InChI is InChI=1S/C71H134O17P2/c1-8-9-10-11-12-13-14-15-16-19-22-25-30-38-45-52-68(73)81-59-67(88-71(76)55-48-41-34-33-37-44-51-64(6)7)61-86-90(79,80)84-57-65(72)56-83-89(77,78)85-60-66(58-82-69(74)53-46-39-32-27-29-36-43-50-63(4)5)87-70(75)54-47-40-31-26-23-20-17-18-21-24-28-35-42-49-62(2)3/h13-16,62-67,72H,8-12,17-61H2,1-7H3,(H,77,78)(H,79,80)/b14-13-,16-15-/t65?,66-,67-/m1/s1. The first-order valence-electron chi connectivity index (χ1n) is 36.2. The van der Waals surface area contributed by atoms with Crippen LogP contribution >= 0.6 is 15.6 Å². The molecule has 0 heterocycles. The van der Waals surface area contributed by atoms with Crippen LogP contribution in [0, 0.1) is 17.8 Å². The van der Waals surface area contributed by atoms with Gasteiger partial charge in [0.15, 0.2) is 12.2 Å². The van der Waals surface area contributed by atoms with Crippen molar-refractivity contribution in [3.05, 3.63) is 24.3 Å². The molecule has 90 heavy (non-hydrogen) atoms. The van der Waals surface area contributed by atoms with Crippen LogP contribution in [0.25, 0.3) is 0 Å². The first-order valence-corrected chi connectivity index (χ1v) is 39.2. The van der Waals surface area contributed by atoms with Gasteiger partial charge >= 0.3 is 39.5 Å². The Hall–Kier alpha value is -2.46. The molecule has 3 N–H and O–H groups in total. The summed E-state index contributed by atoms with van der Waals surface area (Å²) in [5, 5.41) is 10.6. The Morgan fingerprint density at radius 3 is 0.900 bits per heavy atom. The molecular weight excluding hydrogens is 1190 g/mol. The maximum Gasteiger partial charge on any atom is 0.472 e. The summed E-state index contributed by atoms with van der Waals surface area (Å²) in [5.74, 6) is -0.00681. The Morgan fingerprint density at radius 2 is 0.600 bits per heavy atom. The molecule has 0 bridgehead atoms. The zero-order valence-corrected chi connectivity index (χ0v) is 59.9. The van der Waals surface area contributed by atoms with Gasteiger partial charge in [-0.1, -0.05) is 278 Å². The van der Waals surface area contributed by atoms with E-state index < -0.39 is 97.5 Å². The van der Waals surface area contributed by atoms with E-state index in [-0.39, 0.29) is 25.7 Å². The van der Waals surface area contributed by atoms with Gasteiger partial charge < -0.3 is 33.8 Å². The quantitative estimate of drug-likeness (QED) is 0.0169. The number of unbranched alkanes of at least 4 members (excludes halogenated alkanes) is 32. The second kappa shape index (κ2) is 61.4. The minimum absolute atomic E-state index is 0.0949. The van der Waals surface area contributed by atoms with Crippen LogP contribution in [0.15, 0.2) is 24.3 Å². The minimum Gasteiger partial charge on any atom is -0.462 e. The number of aliphatic hydroxyl groups is 1. The summed E-state index contributed by atoms with van der Waals surface area (Å²) in [6, 6.07) is 0. The van der Waals surface area contributed by atoms with Gasteiger partial charge in [-0.2, -0.15) is 0 Å². The molecule has 17 nitrogen and oxygen atoms in total. The Kier molecular flexibility index (Phi) is 59.7. The number of aliphatic hydroxyl groups excluding tert-OH is 1. The number of phosphoric acid groups is 2. The molecule has 0 aromatic carbocycles. The number of carbonyl (C=O) groups excluding carboxylic acids is 4. The number of rotatable bonds is 67. The maximum absolute atomic E-state index is 13.0. The fraction of sp³-hybridized carbons (Fsp3) is 0.887. The number of carbonyl (C=O) groups is 4. The van der Waals surface area contributed by atoms with Crippen LogP contribution in [0.4, 0.5) is 0 Å². The fourth-order valence-corrected chi connectivity index (χ4v) is 11.8.